The molecule has 0 spiro atoms. The van der Waals surface area contributed by atoms with E-state index in [0.29, 0.717) is 31.5 Å². The van der Waals surface area contributed by atoms with Crippen LogP contribution >= 0.6 is 0 Å². The normalized spacial score (nSPS) is 14.7. The van der Waals surface area contributed by atoms with E-state index in [9.17, 15) is 14.0 Å². The molecule has 0 unspecified atom stereocenters. The third-order valence-electron chi connectivity index (χ3n) is 4.84. The number of carbonyl (C=O) groups is 2. The number of anilines is 1. The number of likely N-dealkylation sites (tertiary alicyclic amines) is 1. The molecule has 1 saturated heterocycles. The fourth-order valence-corrected chi connectivity index (χ4v) is 3.27. The molecule has 1 aliphatic rings. The number of amides is 3. The van der Waals surface area contributed by atoms with Gasteiger partial charge in [-0.15, -0.1) is 0 Å². The molecule has 0 radical (unpaired) electrons. The molecule has 2 aromatic rings. The van der Waals surface area contributed by atoms with E-state index in [4.69, 9.17) is 0 Å². The average Bonchev–Trinajstić information content (AvgIpc) is 2.69. The molecule has 27 heavy (non-hydrogen) atoms. The van der Waals surface area contributed by atoms with Crippen LogP contribution in [0.25, 0.3) is 0 Å². The van der Waals surface area contributed by atoms with Gasteiger partial charge >= 0.3 is 6.03 Å². The zero-order chi connectivity index (χ0) is 19.2. The van der Waals surface area contributed by atoms with Crippen LogP contribution in [-0.4, -0.2) is 36.0 Å². The Morgan fingerprint density at radius 2 is 1.85 bits per heavy atom. The Morgan fingerprint density at radius 3 is 2.56 bits per heavy atom. The Balaban J connectivity index is 1.51. The standard InChI is InChI=1S/C21H24FN3O2/c1-2-15-6-3-4-9-19(15)24-21(27)25-12-10-18(11-13-25)23-20(26)16-7-5-8-17(22)14-16/h3-9,14,18H,2,10-13H2,1H3,(H,23,26)(H,24,27). The molecular weight excluding hydrogens is 345 g/mol. The van der Waals surface area contributed by atoms with Gasteiger partial charge in [-0.3, -0.25) is 4.79 Å². The minimum atomic E-state index is -0.429. The Labute approximate surface area is 158 Å². The van der Waals surface area contributed by atoms with E-state index < -0.39 is 5.82 Å². The van der Waals surface area contributed by atoms with Crippen LogP contribution in [0.15, 0.2) is 48.5 Å². The molecule has 3 amide bonds. The first-order chi connectivity index (χ1) is 13.1. The van der Waals surface area contributed by atoms with Crippen molar-refractivity contribution in [3.05, 3.63) is 65.5 Å². The number of nitrogens with zero attached hydrogens (tertiary/aromatic N) is 1. The second kappa shape index (κ2) is 8.66. The second-order valence-electron chi connectivity index (χ2n) is 6.69. The van der Waals surface area contributed by atoms with Gasteiger partial charge in [0.2, 0.25) is 0 Å². The first-order valence-corrected chi connectivity index (χ1v) is 9.27. The third kappa shape index (κ3) is 4.84. The Kier molecular flexibility index (Phi) is 6.06. The summed E-state index contributed by atoms with van der Waals surface area (Å²) in [6.07, 6.45) is 2.19. The maximum absolute atomic E-state index is 13.2. The summed E-state index contributed by atoms with van der Waals surface area (Å²) in [5, 5.41) is 5.90. The molecule has 0 atom stereocenters. The molecule has 6 heteroatoms. The lowest BCUT2D eigenvalue weighted by molar-refractivity contribution is 0.0919. The van der Waals surface area contributed by atoms with E-state index in [0.717, 1.165) is 17.7 Å². The van der Waals surface area contributed by atoms with Crippen molar-refractivity contribution in [1.82, 2.24) is 10.2 Å². The number of hydrogen-bond acceptors (Lipinski definition) is 2. The van der Waals surface area contributed by atoms with Gasteiger partial charge in [0, 0.05) is 30.4 Å². The van der Waals surface area contributed by atoms with E-state index in [-0.39, 0.29) is 18.0 Å². The van der Waals surface area contributed by atoms with Crippen molar-refractivity contribution in [2.24, 2.45) is 0 Å². The zero-order valence-electron chi connectivity index (χ0n) is 15.4. The molecule has 1 fully saturated rings. The molecule has 5 nitrogen and oxygen atoms in total. The van der Waals surface area contributed by atoms with Gasteiger partial charge in [-0.2, -0.15) is 0 Å². The topological polar surface area (TPSA) is 61.4 Å². The summed E-state index contributed by atoms with van der Waals surface area (Å²) in [4.78, 5) is 26.5. The molecule has 0 aromatic heterocycles. The minimum absolute atomic E-state index is 0.0206. The van der Waals surface area contributed by atoms with Crippen LogP contribution in [0.3, 0.4) is 0 Å². The van der Waals surface area contributed by atoms with E-state index >= 15 is 0 Å². The van der Waals surface area contributed by atoms with Crippen LogP contribution in [0.1, 0.15) is 35.7 Å². The van der Waals surface area contributed by atoms with Gasteiger partial charge in [-0.05, 0) is 49.1 Å². The van der Waals surface area contributed by atoms with E-state index in [1.54, 1.807) is 11.0 Å². The number of nitrogens with one attached hydrogen (secondary N) is 2. The largest absolute Gasteiger partial charge is 0.349 e. The van der Waals surface area contributed by atoms with E-state index in [1.807, 2.05) is 24.3 Å². The van der Waals surface area contributed by atoms with Gasteiger partial charge in [0.05, 0.1) is 0 Å². The monoisotopic (exact) mass is 369 g/mol. The van der Waals surface area contributed by atoms with Gasteiger partial charge in [0.1, 0.15) is 5.82 Å². The predicted octanol–water partition coefficient (Wildman–Crippen LogP) is 3.81. The lowest BCUT2D eigenvalue weighted by Gasteiger charge is -2.32. The minimum Gasteiger partial charge on any atom is -0.349 e. The quantitative estimate of drug-likeness (QED) is 0.861. The highest BCUT2D eigenvalue weighted by molar-refractivity contribution is 5.94. The van der Waals surface area contributed by atoms with E-state index in [2.05, 4.69) is 17.6 Å². The third-order valence-corrected chi connectivity index (χ3v) is 4.84. The number of benzene rings is 2. The highest BCUT2D eigenvalue weighted by Gasteiger charge is 2.24. The SMILES string of the molecule is CCc1ccccc1NC(=O)N1CCC(NC(=O)c2cccc(F)c2)CC1. The molecule has 2 aromatic carbocycles. The van der Waals surface area contributed by atoms with Gasteiger partial charge in [-0.1, -0.05) is 31.2 Å². The van der Waals surface area contributed by atoms with Crippen molar-refractivity contribution in [3.8, 4) is 0 Å². The van der Waals surface area contributed by atoms with Gasteiger partial charge in [-0.25, -0.2) is 9.18 Å². The summed E-state index contributed by atoms with van der Waals surface area (Å²) in [7, 11) is 0. The van der Waals surface area contributed by atoms with E-state index in [1.165, 1.54) is 18.2 Å². The second-order valence-corrected chi connectivity index (χ2v) is 6.69. The van der Waals surface area contributed by atoms with Crippen LogP contribution in [0.4, 0.5) is 14.9 Å². The number of aryl methyl sites for hydroxylation is 1. The summed E-state index contributed by atoms with van der Waals surface area (Å²) in [6.45, 7) is 3.18. The molecule has 1 heterocycles. The van der Waals surface area contributed by atoms with Crippen molar-refractivity contribution < 1.29 is 14.0 Å². The number of carbonyl (C=O) groups excluding carboxylic acids is 2. The van der Waals surface area contributed by atoms with Crippen LogP contribution in [-0.2, 0) is 6.42 Å². The van der Waals surface area contributed by atoms with Crippen molar-refractivity contribution in [2.45, 2.75) is 32.2 Å². The summed E-state index contributed by atoms with van der Waals surface area (Å²) < 4.78 is 13.2. The van der Waals surface area contributed by atoms with Crippen molar-refractivity contribution in [3.63, 3.8) is 0 Å². The number of para-hydroxylation sites is 1. The highest BCUT2D eigenvalue weighted by Crippen LogP contribution is 2.18. The first kappa shape index (κ1) is 18.9. The van der Waals surface area contributed by atoms with Gasteiger partial charge in [0.25, 0.3) is 5.91 Å². The van der Waals surface area contributed by atoms with Gasteiger partial charge < -0.3 is 15.5 Å². The fraction of sp³-hybridized carbons (Fsp3) is 0.333. The first-order valence-electron chi connectivity index (χ1n) is 9.27. The molecule has 0 saturated carbocycles. The molecule has 0 bridgehead atoms. The lowest BCUT2D eigenvalue weighted by Crippen LogP contribution is -2.47. The smallest absolute Gasteiger partial charge is 0.321 e. The van der Waals surface area contributed by atoms with Crippen molar-refractivity contribution in [2.75, 3.05) is 18.4 Å². The Hall–Kier alpha value is -2.89. The van der Waals surface area contributed by atoms with Crippen molar-refractivity contribution >= 4 is 17.6 Å². The number of urea groups is 1. The maximum atomic E-state index is 13.2. The van der Waals surface area contributed by atoms with Crippen LogP contribution in [0, 0.1) is 5.82 Å². The molecule has 3 rings (SSSR count). The Bertz CT molecular complexity index is 817. The number of rotatable bonds is 4. The number of hydrogen-bond donors (Lipinski definition) is 2. The molecular formula is C21H24FN3O2. The lowest BCUT2D eigenvalue weighted by atomic mass is 10.0. The number of halogens is 1. The predicted molar refractivity (Wildman–Crippen MR) is 103 cm³/mol. The van der Waals surface area contributed by atoms with Crippen molar-refractivity contribution in [1.29, 1.82) is 0 Å². The van der Waals surface area contributed by atoms with Gasteiger partial charge in [0.15, 0.2) is 0 Å². The summed E-state index contributed by atoms with van der Waals surface area (Å²) in [5.41, 5.74) is 2.25. The maximum Gasteiger partial charge on any atom is 0.321 e. The molecule has 142 valence electrons. The summed E-state index contributed by atoms with van der Waals surface area (Å²) in [6, 6.07) is 13.3. The van der Waals surface area contributed by atoms with Crippen LogP contribution < -0.4 is 10.6 Å². The molecule has 2 N–H and O–H groups in total. The summed E-state index contributed by atoms with van der Waals surface area (Å²) >= 11 is 0. The fourth-order valence-electron chi connectivity index (χ4n) is 3.27. The van der Waals surface area contributed by atoms with Crippen LogP contribution in [0.2, 0.25) is 0 Å². The molecule has 0 aliphatic carbocycles. The molecule has 1 aliphatic heterocycles. The average molecular weight is 369 g/mol. The highest BCUT2D eigenvalue weighted by atomic mass is 19.1. The summed E-state index contributed by atoms with van der Waals surface area (Å²) in [5.74, 6) is -0.712. The zero-order valence-corrected chi connectivity index (χ0v) is 15.4. The number of piperidine rings is 1. The Morgan fingerprint density at radius 1 is 1.11 bits per heavy atom. The van der Waals surface area contributed by atoms with Crippen LogP contribution in [0.5, 0.6) is 0 Å².